The van der Waals surface area contributed by atoms with E-state index in [2.05, 4.69) is 6.58 Å². The topological polar surface area (TPSA) is 63.3 Å². The summed E-state index contributed by atoms with van der Waals surface area (Å²) < 4.78 is 0. The third kappa shape index (κ3) is 2.13. The van der Waals surface area contributed by atoms with Crippen LogP contribution in [0.25, 0.3) is 0 Å². The molecular weight excluding hydrogens is 202 g/mol. The van der Waals surface area contributed by atoms with Crippen molar-refractivity contribution in [3.05, 3.63) is 47.0 Å². The summed E-state index contributed by atoms with van der Waals surface area (Å²) in [5.41, 5.74) is 6.49. The number of hydrogen-bond acceptors (Lipinski definition) is 2. The number of carbonyl (C=O) groups is 1. The Morgan fingerprint density at radius 3 is 2.71 bits per heavy atom. The van der Waals surface area contributed by atoms with E-state index < -0.39 is 5.97 Å². The minimum Gasteiger partial charge on any atom is -0.478 e. The molecule has 0 radical (unpaired) electrons. The zero-order valence-electron chi connectivity index (χ0n) is 7.40. The van der Waals surface area contributed by atoms with Crippen LogP contribution in [0.4, 0.5) is 0 Å². The average molecular weight is 212 g/mol. The molecule has 0 aliphatic carbocycles. The molecule has 0 amide bonds. The lowest BCUT2D eigenvalue weighted by atomic mass is 10.1. The minimum atomic E-state index is -1.05. The van der Waals surface area contributed by atoms with E-state index in [1.807, 2.05) is 0 Å². The van der Waals surface area contributed by atoms with Crippen LogP contribution in [-0.2, 0) is 0 Å². The van der Waals surface area contributed by atoms with Crippen LogP contribution >= 0.6 is 11.6 Å². The first-order valence-electron chi connectivity index (χ1n) is 3.97. The lowest BCUT2D eigenvalue weighted by molar-refractivity contribution is 0.0697. The van der Waals surface area contributed by atoms with Crippen LogP contribution in [0.15, 0.2) is 30.9 Å². The lowest BCUT2D eigenvalue weighted by Gasteiger charge is -2.07. The second-order valence-corrected chi connectivity index (χ2v) is 3.21. The first-order valence-corrected chi connectivity index (χ1v) is 4.35. The molecule has 74 valence electrons. The third-order valence-electron chi connectivity index (χ3n) is 1.86. The van der Waals surface area contributed by atoms with Crippen LogP contribution in [0.5, 0.6) is 0 Å². The molecule has 0 saturated carbocycles. The van der Waals surface area contributed by atoms with Gasteiger partial charge in [-0.2, -0.15) is 0 Å². The average Bonchev–Trinajstić information content (AvgIpc) is 2.15. The number of carboxylic acids is 1. The monoisotopic (exact) mass is 211 g/mol. The van der Waals surface area contributed by atoms with E-state index in [1.54, 1.807) is 12.1 Å². The minimum absolute atomic E-state index is 0.0756. The van der Waals surface area contributed by atoms with Gasteiger partial charge in [-0.05, 0) is 17.7 Å². The highest BCUT2D eigenvalue weighted by molar-refractivity contribution is 6.33. The molecule has 3 nitrogen and oxygen atoms in total. The fourth-order valence-electron chi connectivity index (χ4n) is 1.05. The SMILES string of the molecule is C=CC(N)c1ccc(C(=O)O)c(Cl)c1. The van der Waals surface area contributed by atoms with Crippen molar-refractivity contribution in [2.24, 2.45) is 5.73 Å². The molecule has 1 rings (SSSR count). The summed E-state index contributed by atoms with van der Waals surface area (Å²) in [6.45, 7) is 3.54. The van der Waals surface area contributed by atoms with Gasteiger partial charge in [0.1, 0.15) is 0 Å². The van der Waals surface area contributed by atoms with Gasteiger partial charge in [-0.3, -0.25) is 0 Å². The van der Waals surface area contributed by atoms with Gasteiger partial charge in [-0.15, -0.1) is 6.58 Å². The van der Waals surface area contributed by atoms with Crippen molar-refractivity contribution in [1.82, 2.24) is 0 Å². The number of hydrogen-bond donors (Lipinski definition) is 2. The van der Waals surface area contributed by atoms with Gasteiger partial charge >= 0.3 is 5.97 Å². The normalized spacial score (nSPS) is 12.1. The summed E-state index contributed by atoms with van der Waals surface area (Å²) in [7, 11) is 0. The van der Waals surface area contributed by atoms with Crippen molar-refractivity contribution in [3.63, 3.8) is 0 Å². The van der Waals surface area contributed by atoms with Gasteiger partial charge in [0.05, 0.1) is 10.6 Å². The summed E-state index contributed by atoms with van der Waals surface area (Å²) in [5.74, 6) is -1.05. The molecule has 0 aliphatic heterocycles. The highest BCUT2D eigenvalue weighted by Crippen LogP contribution is 2.21. The van der Waals surface area contributed by atoms with Gasteiger partial charge in [-0.1, -0.05) is 23.7 Å². The van der Waals surface area contributed by atoms with Gasteiger partial charge in [-0.25, -0.2) is 4.79 Å². The summed E-state index contributed by atoms with van der Waals surface area (Å²) in [4.78, 5) is 10.6. The fraction of sp³-hybridized carbons (Fsp3) is 0.100. The van der Waals surface area contributed by atoms with Gasteiger partial charge in [0.2, 0.25) is 0 Å². The molecule has 1 aromatic rings. The van der Waals surface area contributed by atoms with Crippen molar-refractivity contribution in [2.75, 3.05) is 0 Å². The van der Waals surface area contributed by atoms with Crippen LogP contribution in [0.1, 0.15) is 22.0 Å². The zero-order chi connectivity index (χ0) is 10.7. The lowest BCUT2D eigenvalue weighted by Crippen LogP contribution is -2.07. The van der Waals surface area contributed by atoms with Gasteiger partial charge in [0.15, 0.2) is 0 Å². The Balaban J connectivity index is 3.12. The number of benzene rings is 1. The maximum Gasteiger partial charge on any atom is 0.337 e. The number of halogens is 1. The van der Waals surface area contributed by atoms with E-state index in [9.17, 15) is 4.79 Å². The summed E-state index contributed by atoms with van der Waals surface area (Å²) >= 11 is 5.75. The molecule has 1 unspecified atom stereocenters. The smallest absolute Gasteiger partial charge is 0.337 e. The van der Waals surface area contributed by atoms with Crippen LogP contribution < -0.4 is 5.73 Å². The predicted molar refractivity (Wildman–Crippen MR) is 55.5 cm³/mol. The molecule has 4 heteroatoms. The third-order valence-corrected chi connectivity index (χ3v) is 2.18. The Morgan fingerprint density at radius 2 is 2.29 bits per heavy atom. The molecule has 1 aromatic carbocycles. The largest absolute Gasteiger partial charge is 0.478 e. The molecule has 0 aromatic heterocycles. The predicted octanol–water partition coefficient (Wildman–Crippen LogP) is 2.22. The Kier molecular flexibility index (Phi) is 3.28. The Bertz CT molecular complexity index is 376. The first kappa shape index (κ1) is 10.8. The second-order valence-electron chi connectivity index (χ2n) is 2.81. The molecule has 14 heavy (non-hydrogen) atoms. The summed E-state index contributed by atoms with van der Waals surface area (Å²) in [5, 5.41) is 8.90. The molecule has 0 fully saturated rings. The number of carboxylic acid groups (broad SMARTS) is 1. The van der Waals surface area contributed by atoms with Crippen molar-refractivity contribution in [2.45, 2.75) is 6.04 Å². The van der Waals surface area contributed by atoms with E-state index in [-0.39, 0.29) is 16.6 Å². The van der Waals surface area contributed by atoms with E-state index in [1.165, 1.54) is 12.1 Å². The van der Waals surface area contributed by atoms with Gasteiger partial charge < -0.3 is 10.8 Å². The number of aromatic carboxylic acids is 1. The second kappa shape index (κ2) is 4.26. The van der Waals surface area contributed by atoms with Crippen molar-refractivity contribution < 1.29 is 9.90 Å². The highest BCUT2D eigenvalue weighted by Gasteiger charge is 2.10. The molecule has 0 aliphatic rings. The standard InChI is InChI=1S/C10H10ClNO2/c1-2-9(12)6-3-4-7(10(13)14)8(11)5-6/h2-5,9H,1,12H2,(H,13,14). The molecule has 3 N–H and O–H groups in total. The molecule has 0 saturated heterocycles. The van der Waals surface area contributed by atoms with E-state index >= 15 is 0 Å². The number of nitrogens with two attached hydrogens (primary N) is 1. The van der Waals surface area contributed by atoms with E-state index in [0.717, 1.165) is 5.56 Å². The molecule has 0 spiro atoms. The van der Waals surface area contributed by atoms with E-state index in [4.69, 9.17) is 22.4 Å². The van der Waals surface area contributed by atoms with Crippen LogP contribution in [0.3, 0.4) is 0 Å². The Morgan fingerprint density at radius 1 is 1.64 bits per heavy atom. The molecule has 0 bridgehead atoms. The number of rotatable bonds is 3. The van der Waals surface area contributed by atoms with Crippen molar-refractivity contribution in [1.29, 1.82) is 0 Å². The fourth-order valence-corrected chi connectivity index (χ4v) is 1.32. The first-order chi connectivity index (χ1) is 6.56. The van der Waals surface area contributed by atoms with E-state index in [0.29, 0.717) is 0 Å². The Hall–Kier alpha value is -1.32. The summed E-state index contributed by atoms with van der Waals surface area (Å²) in [6.07, 6.45) is 1.56. The molecular formula is C10H10ClNO2. The van der Waals surface area contributed by atoms with Crippen LogP contribution in [-0.4, -0.2) is 11.1 Å². The maximum absolute atomic E-state index is 10.6. The Labute approximate surface area is 86.8 Å². The summed E-state index contributed by atoms with van der Waals surface area (Å²) in [6, 6.07) is 4.28. The molecule has 1 atom stereocenters. The van der Waals surface area contributed by atoms with Gasteiger partial charge in [0.25, 0.3) is 0 Å². The quantitative estimate of drug-likeness (QED) is 0.754. The van der Waals surface area contributed by atoms with Crippen molar-refractivity contribution >= 4 is 17.6 Å². The molecule has 0 heterocycles. The van der Waals surface area contributed by atoms with Crippen molar-refractivity contribution in [3.8, 4) is 0 Å². The van der Waals surface area contributed by atoms with Gasteiger partial charge in [0, 0.05) is 6.04 Å². The maximum atomic E-state index is 10.6. The highest BCUT2D eigenvalue weighted by atomic mass is 35.5. The van der Waals surface area contributed by atoms with Crippen LogP contribution in [0.2, 0.25) is 5.02 Å². The zero-order valence-corrected chi connectivity index (χ0v) is 8.16. The van der Waals surface area contributed by atoms with Crippen LogP contribution in [0, 0.1) is 0 Å².